The minimum atomic E-state index is -0.589. The van der Waals surface area contributed by atoms with Crippen molar-refractivity contribution >= 4 is 22.5 Å². The summed E-state index contributed by atoms with van der Waals surface area (Å²) in [6.07, 6.45) is 1.14. The van der Waals surface area contributed by atoms with Gasteiger partial charge < -0.3 is 10.1 Å². The van der Waals surface area contributed by atoms with Crippen LogP contribution in [0.5, 0.6) is 5.75 Å². The molecule has 0 radical (unpaired) electrons. The summed E-state index contributed by atoms with van der Waals surface area (Å²) in [7, 11) is 0. The first-order valence-electron chi connectivity index (χ1n) is 7.10. The summed E-state index contributed by atoms with van der Waals surface area (Å²) in [6.45, 7) is 1.73. The van der Waals surface area contributed by atoms with Gasteiger partial charge >= 0.3 is 0 Å². The van der Waals surface area contributed by atoms with E-state index >= 15 is 0 Å². The normalized spacial score (nSPS) is 11.9. The Bertz CT molecular complexity index is 782. The van der Waals surface area contributed by atoms with Crippen molar-refractivity contribution in [1.29, 1.82) is 0 Å². The largest absolute Gasteiger partial charge is 0.481 e. The number of benzene rings is 2. The molecule has 0 aliphatic carbocycles. The Morgan fingerprint density at radius 1 is 1.05 bits per heavy atom. The summed E-state index contributed by atoms with van der Waals surface area (Å²) >= 11 is 0. The molecular weight excluding hydrogens is 276 g/mol. The Morgan fingerprint density at radius 2 is 1.86 bits per heavy atom. The molecule has 1 N–H and O–H groups in total. The molecule has 4 nitrogen and oxygen atoms in total. The molecule has 110 valence electrons. The first-order chi connectivity index (χ1) is 10.7. The van der Waals surface area contributed by atoms with Gasteiger partial charge in [-0.1, -0.05) is 24.3 Å². The number of ether oxygens (including phenoxy) is 1. The first-order valence-corrected chi connectivity index (χ1v) is 7.10. The average Bonchev–Trinajstić information content (AvgIpc) is 2.56. The maximum absolute atomic E-state index is 12.3. The maximum Gasteiger partial charge on any atom is 0.265 e. The van der Waals surface area contributed by atoms with E-state index in [4.69, 9.17) is 4.74 Å². The minimum Gasteiger partial charge on any atom is -0.481 e. The monoisotopic (exact) mass is 292 g/mol. The number of nitrogens with zero attached hydrogens (tertiary/aromatic N) is 1. The van der Waals surface area contributed by atoms with Gasteiger partial charge in [-0.2, -0.15) is 0 Å². The van der Waals surface area contributed by atoms with E-state index in [2.05, 4.69) is 10.3 Å². The number of anilines is 1. The van der Waals surface area contributed by atoms with Gasteiger partial charge in [0.1, 0.15) is 5.75 Å². The van der Waals surface area contributed by atoms with Crippen LogP contribution in [0.25, 0.3) is 10.9 Å². The van der Waals surface area contributed by atoms with E-state index in [0.29, 0.717) is 5.75 Å². The van der Waals surface area contributed by atoms with Crippen molar-refractivity contribution in [1.82, 2.24) is 4.98 Å². The van der Waals surface area contributed by atoms with Crippen LogP contribution in [-0.4, -0.2) is 17.0 Å². The SMILES string of the molecule is CC(Oc1ccccc1)C(=O)Nc1cccc2ncccc12. The van der Waals surface area contributed by atoms with Crippen molar-refractivity contribution in [2.45, 2.75) is 13.0 Å². The van der Waals surface area contributed by atoms with Crippen LogP contribution in [-0.2, 0) is 4.79 Å². The number of pyridine rings is 1. The van der Waals surface area contributed by atoms with Gasteiger partial charge in [0.05, 0.1) is 11.2 Å². The molecule has 0 spiro atoms. The molecule has 1 heterocycles. The Hall–Kier alpha value is -2.88. The highest BCUT2D eigenvalue weighted by molar-refractivity contribution is 6.02. The average molecular weight is 292 g/mol. The topological polar surface area (TPSA) is 51.2 Å². The van der Waals surface area contributed by atoms with Crippen molar-refractivity contribution in [3.8, 4) is 5.75 Å². The second-order valence-corrected chi connectivity index (χ2v) is 4.94. The number of rotatable bonds is 4. The van der Waals surface area contributed by atoms with Crippen LogP contribution in [0, 0.1) is 0 Å². The third-order valence-corrected chi connectivity index (χ3v) is 3.33. The summed E-state index contributed by atoms with van der Waals surface area (Å²) < 4.78 is 5.63. The van der Waals surface area contributed by atoms with E-state index in [1.54, 1.807) is 13.1 Å². The standard InChI is InChI=1S/C18H16N2O2/c1-13(22-14-7-3-2-4-8-14)18(21)20-17-11-5-10-16-15(17)9-6-12-19-16/h2-13H,1H3,(H,20,21). The predicted octanol–water partition coefficient (Wildman–Crippen LogP) is 3.64. The lowest BCUT2D eigenvalue weighted by Crippen LogP contribution is -2.30. The fourth-order valence-electron chi connectivity index (χ4n) is 2.20. The van der Waals surface area contributed by atoms with Crippen LogP contribution in [0.4, 0.5) is 5.69 Å². The van der Waals surface area contributed by atoms with Crippen LogP contribution in [0.15, 0.2) is 66.9 Å². The number of carbonyl (C=O) groups is 1. The maximum atomic E-state index is 12.3. The summed E-state index contributed by atoms with van der Waals surface area (Å²) in [5.41, 5.74) is 1.58. The van der Waals surface area contributed by atoms with E-state index in [9.17, 15) is 4.79 Å². The summed E-state index contributed by atoms with van der Waals surface area (Å²) in [4.78, 5) is 16.6. The molecule has 0 bridgehead atoms. The molecule has 4 heteroatoms. The zero-order valence-corrected chi connectivity index (χ0v) is 12.2. The van der Waals surface area contributed by atoms with Crippen molar-refractivity contribution in [2.75, 3.05) is 5.32 Å². The Labute approximate surface area is 128 Å². The lowest BCUT2D eigenvalue weighted by atomic mass is 10.2. The molecule has 1 amide bonds. The predicted molar refractivity (Wildman–Crippen MR) is 86.9 cm³/mol. The number of carbonyl (C=O) groups excluding carboxylic acids is 1. The molecule has 0 aliphatic rings. The highest BCUT2D eigenvalue weighted by Gasteiger charge is 2.15. The number of para-hydroxylation sites is 1. The zero-order chi connectivity index (χ0) is 15.4. The van der Waals surface area contributed by atoms with Crippen LogP contribution >= 0.6 is 0 Å². The second kappa shape index (κ2) is 6.26. The molecule has 2 aromatic carbocycles. The van der Waals surface area contributed by atoms with Crippen LogP contribution in [0.1, 0.15) is 6.92 Å². The molecule has 0 saturated carbocycles. The molecule has 22 heavy (non-hydrogen) atoms. The third-order valence-electron chi connectivity index (χ3n) is 3.33. The van der Waals surface area contributed by atoms with E-state index in [0.717, 1.165) is 16.6 Å². The molecule has 0 saturated heterocycles. The van der Waals surface area contributed by atoms with Crippen molar-refractivity contribution in [2.24, 2.45) is 0 Å². The lowest BCUT2D eigenvalue weighted by Gasteiger charge is -2.15. The van der Waals surface area contributed by atoms with Gasteiger partial charge in [0.15, 0.2) is 6.10 Å². The molecule has 3 rings (SSSR count). The molecule has 0 aliphatic heterocycles. The molecule has 0 fully saturated rings. The molecular formula is C18H16N2O2. The van der Waals surface area contributed by atoms with Crippen LogP contribution in [0.2, 0.25) is 0 Å². The van der Waals surface area contributed by atoms with Gasteiger partial charge in [-0.3, -0.25) is 9.78 Å². The van der Waals surface area contributed by atoms with E-state index in [-0.39, 0.29) is 5.91 Å². The van der Waals surface area contributed by atoms with Crippen molar-refractivity contribution in [3.63, 3.8) is 0 Å². The fraction of sp³-hybridized carbons (Fsp3) is 0.111. The van der Waals surface area contributed by atoms with Crippen LogP contribution in [0.3, 0.4) is 0 Å². The summed E-state index contributed by atoms with van der Waals surface area (Å²) in [5.74, 6) is 0.477. The first kappa shape index (κ1) is 14.1. The Balaban J connectivity index is 1.75. The van der Waals surface area contributed by atoms with Gasteiger partial charge in [-0.25, -0.2) is 0 Å². The van der Waals surface area contributed by atoms with Gasteiger partial charge in [-0.05, 0) is 43.3 Å². The third kappa shape index (κ3) is 3.06. The summed E-state index contributed by atoms with van der Waals surface area (Å²) in [6, 6.07) is 18.7. The van der Waals surface area contributed by atoms with Crippen LogP contribution < -0.4 is 10.1 Å². The highest BCUT2D eigenvalue weighted by atomic mass is 16.5. The second-order valence-electron chi connectivity index (χ2n) is 4.94. The number of nitrogens with one attached hydrogen (secondary N) is 1. The number of aromatic nitrogens is 1. The highest BCUT2D eigenvalue weighted by Crippen LogP contribution is 2.21. The van der Waals surface area contributed by atoms with E-state index < -0.39 is 6.10 Å². The van der Waals surface area contributed by atoms with Crippen molar-refractivity contribution in [3.05, 3.63) is 66.9 Å². The molecule has 1 aromatic heterocycles. The minimum absolute atomic E-state index is 0.194. The Morgan fingerprint density at radius 3 is 2.68 bits per heavy atom. The lowest BCUT2D eigenvalue weighted by molar-refractivity contribution is -0.122. The molecule has 1 atom stereocenters. The smallest absolute Gasteiger partial charge is 0.265 e. The zero-order valence-electron chi connectivity index (χ0n) is 12.2. The quantitative estimate of drug-likeness (QED) is 0.798. The van der Waals surface area contributed by atoms with Gasteiger partial charge in [0.25, 0.3) is 5.91 Å². The number of amides is 1. The van der Waals surface area contributed by atoms with E-state index in [1.807, 2.05) is 60.7 Å². The summed E-state index contributed by atoms with van der Waals surface area (Å²) in [5, 5.41) is 3.81. The van der Waals surface area contributed by atoms with Gasteiger partial charge in [0, 0.05) is 11.6 Å². The molecule has 1 unspecified atom stereocenters. The Kier molecular flexibility index (Phi) is 4.01. The molecule has 3 aromatic rings. The number of hydrogen-bond donors (Lipinski definition) is 1. The van der Waals surface area contributed by atoms with E-state index in [1.165, 1.54) is 0 Å². The van der Waals surface area contributed by atoms with Crippen molar-refractivity contribution < 1.29 is 9.53 Å². The van der Waals surface area contributed by atoms with Gasteiger partial charge in [0.2, 0.25) is 0 Å². The number of hydrogen-bond acceptors (Lipinski definition) is 3. The van der Waals surface area contributed by atoms with Gasteiger partial charge in [-0.15, -0.1) is 0 Å². The number of fused-ring (bicyclic) bond motifs is 1. The fourth-order valence-corrected chi connectivity index (χ4v) is 2.20.